The molecule has 1 aliphatic carbocycles. The zero-order valence-electron chi connectivity index (χ0n) is 20.9. The molecule has 186 valence electrons. The second-order valence-electron chi connectivity index (χ2n) is 9.86. The summed E-state index contributed by atoms with van der Waals surface area (Å²) in [6.07, 6.45) is 8.56. The number of carbonyl (C=O) groups excluding carboxylic acids is 1. The van der Waals surface area contributed by atoms with Gasteiger partial charge in [0.15, 0.2) is 11.5 Å². The van der Waals surface area contributed by atoms with Crippen LogP contribution in [-0.4, -0.2) is 57.5 Å². The molecule has 1 amide bonds. The van der Waals surface area contributed by atoms with Crippen LogP contribution >= 0.6 is 0 Å². The maximum Gasteiger partial charge on any atom is 0.259 e. The quantitative estimate of drug-likeness (QED) is 0.428. The van der Waals surface area contributed by atoms with Crippen LogP contribution in [-0.2, 0) is 0 Å². The van der Waals surface area contributed by atoms with Gasteiger partial charge in [-0.05, 0) is 57.7 Å². The molecule has 3 aromatic heterocycles. The number of nitrogens with one attached hydrogen (secondary N) is 2. The first-order valence-corrected chi connectivity index (χ1v) is 12.6. The van der Waals surface area contributed by atoms with E-state index in [1.807, 2.05) is 48.7 Å². The number of carbonyl (C=O) groups is 1. The molecule has 4 aromatic rings. The maximum atomic E-state index is 13.4. The number of aromatic nitrogens is 4. The monoisotopic (exact) mass is 485 g/mol. The Bertz CT molecular complexity index is 1450. The number of amides is 1. The van der Waals surface area contributed by atoms with Gasteiger partial charge in [-0.3, -0.25) is 9.78 Å². The fraction of sp³-hybridized carbons (Fsp3) is 0.407. The topological polar surface area (TPSA) is 96.7 Å². The minimum atomic E-state index is -0.259. The zero-order chi connectivity index (χ0) is 24.8. The second-order valence-corrected chi connectivity index (χ2v) is 9.86. The Morgan fingerprint density at radius 3 is 2.50 bits per heavy atom. The number of pyridine rings is 1. The van der Waals surface area contributed by atoms with Gasteiger partial charge < -0.3 is 24.7 Å². The van der Waals surface area contributed by atoms with E-state index in [9.17, 15) is 4.79 Å². The third-order valence-corrected chi connectivity index (χ3v) is 7.11. The molecule has 1 saturated carbocycles. The molecule has 2 aliphatic rings. The van der Waals surface area contributed by atoms with Crippen LogP contribution in [0.1, 0.15) is 47.4 Å². The lowest BCUT2D eigenvalue weighted by atomic mass is 10.0. The smallest absolute Gasteiger partial charge is 0.259 e. The van der Waals surface area contributed by atoms with E-state index in [1.54, 1.807) is 13.3 Å². The lowest BCUT2D eigenvalue weighted by Gasteiger charge is -2.35. The van der Waals surface area contributed by atoms with Gasteiger partial charge in [0.05, 0.1) is 35.8 Å². The molecule has 1 saturated heterocycles. The van der Waals surface area contributed by atoms with Crippen molar-refractivity contribution < 1.29 is 9.53 Å². The van der Waals surface area contributed by atoms with Gasteiger partial charge in [-0.2, -0.15) is 0 Å². The number of hydrogen-bond acceptors (Lipinski definition) is 7. The Morgan fingerprint density at radius 1 is 0.972 bits per heavy atom. The van der Waals surface area contributed by atoms with Crippen molar-refractivity contribution in [3.05, 3.63) is 53.6 Å². The number of rotatable bonds is 6. The molecular formula is C27H31N7O2. The highest BCUT2D eigenvalue weighted by atomic mass is 16.5. The summed E-state index contributed by atoms with van der Waals surface area (Å²) in [6.45, 7) is 5.80. The molecule has 0 spiro atoms. The molecular weight excluding hydrogens is 454 g/mol. The molecule has 2 fully saturated rings. The minimum Gasteiger partial charge on any atom is -0.481 e. The van der Waals surface area contributed by atoms with Crippen molar-refractivity contribution in [2.75, 3.05) is 30.4 Å². The van der Waals surface area contributed by atoms with Crippen LogP contribution in [0.4, 0.5) is 11.5 Å². The van der Waals surface area contributed by atoms with E-state index in [2.05, 4.69) is 30.5 Å². The number of fused-ring (bicyclic) bond motifs is 2. The first-order valence-electron chi connectivity index (χ1n) is 12.6. The van der Waals surface area contributed by atoms with Crippen LogP contribution in [0.2, 0.25) is 0 Å². The van der Waals surface area contributed by atoms with Gasteiger partial charge in [0.1, 0.15) is 0 Å². The van der Waals surface area contributed by atoms with Crippen molar-refractivity contribution in [1.82, 2.24) is 24.7 Å². The number of methoxy groups -OCH3 is 1. The number of piperidine rings is 1. The van der Waals surface area contributed by atoms with E-state index in [-0.39, 0.29) is 5.91 Å². The maximum absolute atomic E-state index is 13.4. The number of nitrogens with zero attached hydrogens (tertiary/aromatic N) is 5. The van der Waals surface area contributed by atoms with Crippen molar-refractivity contribution in [2.24, 2.45) is 0 Å². The molecule has 0 unspecified atom stereocenters. The molecule has 9 nitrogen and oxygen atoms in total. The number of benzene rings is 1. The summed E-state index contributed by atoms with van der Waals surface area (Å²) in [5.74, 6) is 0.692. The van der Waals surface area contributed by atoms with Crippen LogP contribution < -0.4 is 20.3 Å². The van der Waals surface area contributed by atoms with Crippen molar-refractivity contribution >= 4 is 34.0 Å². The van der Waals surface area contributed by atoms with E-state index >= 15 is 0 Å². The van der Waals surface area contributed by atoms with E-state index in [0.717, 1.165) is 60.1 Å². The Morgan fingerprint density at radius 2 is 1.75 bits per heavy atom. The summed E-state index contributed by atoms with van der Waals surface area (Å²) < 4.78 is 7.28. The van der Waals surface area contributed by atoms with Gasteiger partial charge in [-0.1, -0.05) is 0 Å². The molecule has 0 bridgehead atoms. The summed E-state index contributed by atoms with van der Waals surface area (Å²) in [4.78, 5) is 29.5. The van der Waals surface area contributed by atoms with Gasteiger partial charge in [0.25, 0.3) is 5.91 Å². The van der Waals surface area contributed by atoms with Crippen molar-refractivity contribution in [2.45, 2.75) is 51.6 Å². The molecule has 0 atom stereocenters. The van der Waals surface area contributed by atoms with E-state index in [1.165, 1.54) is 12.8 Å². The fourth-order valence-electron chi connectivity index (χ4n) is 5.18. The Labute approximate surface area is 209 Å². The summed E-state index contributed by atoms with van der Waals surface area (Å²) in [7, 11) is 1.59. The average molecular weight is 486 g/mol. The van der Waals surface area contributed by atoms with Gasteiger partial charge in [-0.25, -0.2) is 9.97 Å². The number of anilines is 2. The second kappa shape index (κ2) is 9.05. The largest absolute Gasteiger partial charge is 0.481 e. The standard InChI is InChI=1S/C27H31N7O2/c1-16-14-34-15-23(30-26(34)17(2)28-16)31-27(35)21-6-8-22(20-7-9-24(36-3)32-25(20)21)33-12-10-19(11-13-33)29-18-4-5-18/h6-9,14-15,18-19,29H,4-5,10-13H2,1-3H3,(H,31,35). The number of imidazole rings is 1. The van der Waals surface area contributed by atoms with Crippen molar-refractivity contribution in [3.8, 4) is 5.88 Å². The lowest BCUT2D eigenvalue weighted by molar-refractivity contribution is 0.102. The predicted octanol–water partition coefficient (Wildman–Crippen LogP) is 3.88. The third-order valence-electron chi connectivity index (χ3n) is 7.11. The molecule has 1 aliphatic heterocycles. The summed E-state index contributed by atoms with van der Waals surface area (Å²) in [5.41, 5.74) is 4.64. The minimum absolute atomic E-state index is 0.259. The molecule has 36 heavy (non-hydrogen) atoms. The predicted molar refractivity (Wildman–Crippen MR) is 140 cm³/mol. The normalized spacial score (nSPS) is 16.6. The Hall–Kier alpha value is -3.72. The van der Waals surface area contributed by atoms with E-state index < -0.39 is 0 Å². The highest BCUT2D eigenvalue weighted by molar-refractivity contribution is 6.13. The van der Waals surface area contributed by atoms with Crippen LogP contribution in [0.3, 0.4) is 0 Å². The first kappa shape index (κ1) is 22.7. The van der Waals surface area contributed by atoms with Gasteiger partial charge in [0, 0.05) is 48.5 Å². The fourth-order valence-corrected chi connectivity index (χ4v) is 5.18. The average Bonchev–Trinajstić information content (AvgIpc) is 3.60. The van der Waals surface area contributed by atoms with Gasteiger partial charge >= 0.3 is 0 Å². The zero-order valence-corrected chi connectivity index (χ0v) is 20.9. The summed E-state index contributed by atoms with van der Waals surface area (Å²) in [6, 6.07) is 9.09. The SMILES string of the molecule is COc1ccc2c(N3CCC(NC4CC4)CC3)ccc(C(=O)Nc3cn4cc(C)nc(C)c4n3)c2n1. The van der Waals surface area contributed by atoms with Crippen LogP contribution in [0.25, 0.3) is 16.6 Å². The molecule has 1 aromatic carbocycles. The highest BCUT2D eigenvalue weighted by Crippen LogP contribution is 2.33. The molecule has 6 rings (SSSR count). The number of hydrogen-bond donors (Lipinski definition) is 2. The summed E-state index contributed by atoms with van der Waals surface area (Å²) in [5, 5.41) is 7.66. The van der Waals surface area contributed by atoms with Crippen LogP contribution in [0.5, 0.6) is 5.88 Å². The third kappa shape index (κ3) is 4.35. The van der Waals surface area contributed by atoms with E-state index in [0.29, 0.717) is 28.8 Å². The van der Waals surface area contributed by atoms with Crippen LogP contribution in [0.15, 0.2) is 36.7 Å². The van der Waals surface area contributed by atoms with Crippen molar-refractivity contribution in [3.63, 3.8) is 0 Å². The molecule has 2 N–H and O–H groups in total. The number of ether oxygens (including phenoxy) is 1. The lowest BCUT2D eigenvalue weighted by Crippen LogP contribution is -2.43. The number of aryl methyl sites for hydroxylation is 2. The Balaban J connectivity index is 1.30. The molecule has 0 radical (unpaired) electrons. The van der Waals surface area contributed by atoms with Gasteiger partial charge in [-0.15, -0.1) is 0 Å². The van der Waals surface area contributed by atoms with Crippen molar-refractivity contribution in [1.29, 1.82) is 0 Å². The van der Waals surface area contributed by atoms with Crippen LogP contribution in [0, 0.1) is 13.8 Å². The molecule has 9 heteroatoms. The van der Waals surface area contributed by atoms with Gasteiger partial charge in [0.2, 0.25) is 5.88 Å². The first-order chi connectivity index (χ1) is 17.5. The molecule has 4 heterocycles. The highest BCUT2D eigenvalue weighted by Gasteiger charge is 2.28. The summed E-state index contributed by atoms with van der Waals surface area (Å²) >= 11 is 0. The van der Waals surface area contributed by atoms with E-state index in [4.69, 9.17) is 4.74 Å². The Kier molecular flexibility index (Phi) is 5.72.